The van der Waals surface area contributed by atoms with E-state index in [2.05, 4.69) is 5.10 Å². The number of carbonyl (C=O) groups excluding carboxylic acids is 1. The lowest BCUT2D eigenvalue weighted by Gasteiger charge is -2.29. The molecule has 0 N–H and O–H groups in total. The standard InChI is InChI=1S/C21H19F2N3O/c22-16-11-19(23)18-7-4-10-25(20(18)12-16)21(27)9-8-15-13-24-26(14-15)17-5-2-1-3-6-17/h1-3,5-6,11-14H,4,7-10H2. The van der Waals surface area contributed by atoms with E-state index in [0.717, 1.165) is 17.3 Å². The van der Waals surface area contributed by atoms with E-state index in [4.69, 9.17) is 0 Å². The van der Waals surface area contributed by atoms with Crippen LogP contribution in [0.5, 0.6) is 0 Å². The van der Waals surface area contributed by atoms with Crippen LogP contribution in [0.1, 0.15) is 24.0 Å². The number of fused-ring (bicyclic) bond motifs is 1. The number of carbonyl (C=O) groups is 1. The molecule has 27 heavy (non-hydrogen) atoms. The first-order chi connectivity index (χ1) is 13.1. The van der Waals surface area contributed by atoms with E-state index in [0.29, 0.717) is 37.1 Å². The number of benzene rings is 2. The molecule has 0 spiro atoms. The van der Waals surface area contributed by atoms with E-state index in [1.54, 1.807) is 10.9 Å². The largest absolute Gasteiger partial charge is 0.312 e. The van der Waals surface area contributed by atoms with Gasteiger partial charge in [0.05, 0.1) is 17.6 Å². The lowest BCUT2D eigenvalue weighted by Crippen LogP contribution is -2.36. The molecule has 4 rings (SSSR count). The van der Waals surface area contributed by atoms with Gasteiger partial charge in [0.1, 0.15) is 11.6 Å². The van der Waals surface area contributed by atoms with Gasteiger partial charge in [0.15, 0.2) is 0 Å². The predicted molar refractivity (Wildman–Crippen MR) is 98.9 cm³/mol. The Labute approximate surface area is 156 Å². The van der Waals surface area contributed by atoms with Crippen LogP contribution < -0.4 is 4.90 Å². The van der Waals surface area contributed by atoms with Crippen molar-refractivity contribution in [1.82, 2.24) is 9.78 Å². The minimum Gasteiger partial charge on any atom is -0.312 e. The van der Waals surface area contributed by atoms with E-state index >= 15 is 0 Å². The zero-order valence-corrected chi connectivity index (χ0v) is 14.7. The molecule has 0 bridgehead atoms. The Kier molecular flexibility index (Phi) is 4.71. The topological polar surface area (TPSA) is 38.1 Å². The van der Waals surface area contributed by atoms with Crippen molar-refractivity contribution < 1.29 is 13.6 Å². The number of aryl methyl sites for hydroxylation is 1. The lowest BCUT2D eigenvalue weighted by atomic mass is 10.00. The Morgan fingerprint density at radius 1 is 1.15 bits per heavy atom. The zero-order chi connectivity index (χ0) is 18.8. The summed E-state index contributed by atoms with van der Waals surface area (Å²) in [5, 5.41) is 4.33. The molecule has 0 saturated carbocycles. The molecule has 0 fully saturated rings. The van der Waals surface area contributed by atoms with Gasteiger partial charge < -0.3 is 4.90 Å². The number of anilines is 1. The van der Waals surface area contributed by atoms with Gasteiger partial charge in [0.25, 0.3) is 0 Å². The fraction of sp³-hybridized carbons (Fsp3) is 0.238. The van der Waals surface area contributed by atoms with Crippen LogP contribution in [0, 0.1) is 11.6 Å². The van der Waals surface area contributed by atoms with Crippen LogP contribution in [0.3, 0.4) is 0 Å². The van der Waals surface area contributed by atoms with E-state index < -0.39 is 11.6 Å². The summed E-state index contributed by atoms with van der Waals surface area (Å²) in [6, 6.07) is 11.9. The summed E-state index contributed by atoms with van der Waals surface area (Å²) in [7, 11) is 0. The minimum atomic E-state index is -0.657. The van der Waals surface area contributed by atoms with E-state index in [9.17, 15) is 13.6 Å². The molecule has 0 radical (unpaired) electrons. The van der Waals surface area contributed by atoms with Crippen molar-refractivity contribution >= 4 is 11.6 Å². The highest BCUT2D eigenvalue weighted by atomic mass is 19.1. The Hall–Kier alpha value is -3.02. The maximum absolute atomic E-state index is 14.0. The second-order valence-electron chi connectivity index (χ2n) is 6.66. The Bertz CT molecular complexity index is 969. The predicted octanol–water partition coefficient (Wildman–Crippen LogP) is 4.06. The van der Waals surface area contributed by atoms with E-state index in [1.165, 1.54) is 11.0 Å². The average molecular weight is 367 g/mol. The van der Waals surface area contributed by atoms with Gasteiger partial charge in [0, 0.05) is 30.8 Å². The van der Waals surface area contributed by atoms with Crippen LogP contribution in [0.2, 0.25) is 0 Å². The van der Waals surface area contributed by atoms with Gasteiger partial charge in [-0.15, -0.1) is 0 Å². The van der Waals surface area contributed by atoms with Gasteiger partial charge in [-0.05, 0) is 43.0 Å². The summed E-state index contributed by atoms with van der Waals surface area (Å²) in [4.78, 5) is 14.2. The third-order valence-electron chi connectivity index (χ3n) is 4.82. The summed E-state index contributed by atoms with van der Waals surface area (Å²) in [6.45, 7) is 0.484. The van der Waals surface area contributed by atoms with Gasteiger partial charge in [0.2, 0.25) is 5.91 Å². The van der Waals surface area contributed by atoms with Gasteiger partial charge >= 0.3 is 0 Å². The first-order valence-electron chi connectivity index (χ1n) is 8.99. The van der Waals surface area contributed by atoms with Gasteiger partial charge in [-0.3, -0.25) is 4.79 Å². The van der Waals surface area contributed by atoms with Crippen molar-refractivity contribution in [1.29, 1.82) is 0 Å². The monoisotopic (exact) mass is 367 g/mol. The van der Waals surface area contributed by atoms with Crippen LogP contribution in [-0.4, -0.2) is 22.2 Å². The van der Waals surface area contributed by atoms with Crippen LogP contribution in [-0.2, 0) is 17.6 Å². The molecule has 4 nitrogen and oxygen atoms in total. The molecule has 6 heteroatoms. The number of para-hydroxylation sites is 1. The maximum atomic E-state index is 14.0. The van der Waals surface area contributed by atoms with E-state index in [-0.39, 0.29) is 12.3 Å². The average Bonchev–Trinajstić information content (AvgIpc) is 3.15. The summed E-state index contributed by atoms with van der Waals surface area (Å²) in [5.74, 6) is -1.37. The van der Waals surface area contributed by atoms with Crippen LogP contribution >= 0.6 is 0 Å². The fourth-order valence-corrected chi connectivity index (χ4v) is 3.47. The number of hydrogen-bond donors (Lipinski definition) is 0. The summed E-state index contributed by atoms with van der Waals surface area (Å²) >= 11 is 0. The molecule has 2 heterocycles. The quantitative estimate of drug-likeness (QED) is 0.697. The van der Waals surface area contributed by atoms with Crippen molar-refractivity contribution in [2.45, 2.75) is 25.7 Å². The Balaban J connectivity index is 1.46. The Morgan fingerprint density at radius 2 is 1.96 bits per heavy atom. The zero-order valence-electron chi connectivity index (χ0n) is 14.7. The molecule has 138 valence electrons. The van der Waals surface area contributed by atoms with Crippen LogP contribution in [0.15, 0.2) is 54.9 Å². The first kappa shape index (κ1) is 17.4. The van der Waals surface area contributed by atoms with Crippen LogP contribution in [0.25, 0.3) is 5.69 Å². The van der Waals surface area contributed by atoms with Crippen LogP contribution in [0.4, 0.5) is 14.5 Å². The van der Waals surface area contributed by atoms with Crippen molar-refractivity contribution in [3.8, 4) is 5.69 Å². The second-order valence-corrected chi connectivity index (χ2v) is 6.66. The molecule has 3 aromatic rings. The molecule has 2 aromatic carbocycles. The number of halogens is 2. The van der Waals surface area contributed by atoms with Gasteiger partial charge in [-0.1, -0.05) is 18.2 Å². The van der Waals surface area contributed by atoms with Crippen molar-refractivity contribution in [3.05, 3.63) is 77.6 Å². The van der Waals surface area contributed by atoms with Gasteiger partial charge in [-0.25, -0.2) is 13.5 Å². The number of rotatable bonds is 4. The summed E-state index contributed by atoms with van der Waals surface area (Å²) in [6.07, 6.45) is 5.62. The SMILES string of the molecule is O=C(CCc1cnn(-c2ccccc2)c1)N1CCCc2c(F)cc(F)cc21. The van der Waals surface area contributed by atoms with Crippen molar-refractivity contribution in [2.75, 3.05) is 11.4 Å². The molecule has 1 aromatic heterocycles. The number of aromatic nitrogens is 2. The Morgan fingerprint density at radius 3 is 2.78 bits per heavy atom. The van der Waals surface area contributed by atoms with Crippen molar-refractivity contribution in [2.24, 2.45) is 0 Å². The minimum absolute atomic E-state index is 0.131. The van der Waals surface area contributed by atoms with E-state index in [1.807, 2.05) is 36.5 Å². The lowest BCUT2D eigenvalue weighted by molar-refractivity contribution is -0.118. The molecule has 1 amide bonds. The highest BCUT2D eigenvalue weighted by Crippen LogP contribution is 2.31. The third kappa shape index (κ3) is 3.60. The molecule has 1 aliphatic heterocycles. The number of nitrogens with zero attached hydrogens (tertiary/aromatic N) is 3. The number of hydrogen-bond acceptors (Lipinski definition) is 2. The molecule has 0 unspecified atom stereocenters. The summed E-state index contributed by atoms with van der Waals surface area (Å²) < 4.78 is 29.4. The molecule has 0 atom stereocenters. The highest BCUT2D eigenvalue weighted by Gasteiger charge is 2.25. The highest BCUT2D eigenvalue weighted by molar-refractivity contribution is 5.94. The second kappa shape index (κ2) is 7.31. The smallest absolute Gasteiger partial charge is 0.227 e. The van der Waals surface area contributed by atoms with Gasteiger partial charge in [-0.2, -0.15) is 5.10 Å². The number of amides is 1. The molecule has 0 aliphatic carbocycles. The normalized spacial score (nSPS) is 13.5. The summed E-state index contributed by atoms with van der Waals surface area (Å²) in [5.41, 5.74) is 2.68. The fourth-order valence-electron chi connectivity index (χ4n) is 3.47. The molecule has 1 aliphatic rings. The molecule has 0 saturated heterocycles. The maximum Gasteiger partial charge on any atom is 0.227 e. The molecular weight excluding hydrogens is 348 g/mol. The van der Waals surface area contributed by atoms with Crippen molar-refractivity contribution in [3.63, 3.8) is 0 Å². The first-order valence-corrected chi connectivity index (χ1v) is 8.99. The molecular formula is C21H19F2N3O. The third-order valence-corrected chi connectivity index (χ3v) is 4.82.